The minimum atomic E-state index is 0.120. The van der Waals surface area contributed by atoms with Crippen LogP contribution in [0, 0.1) is 5.92 Å². The van der Waals surface area contributed by atoms with Gasteiger partial charge in [0.25, 0.3) is 0 Å². The summed E-state index contributed by atoms with van der Waals surface area (Å²) in [4.78, 5) is 11.7. The first-order valence-corrected chi connectivity index (χ1v) is 6.90. The minimum Gasteiger partial charge on any atom is -0.299 e. The summed E-state index contributed by atoms with van der Waals surface area (Å²) in [5.74, 6) is 0.926. The zero-order valence-electron chi connectivity index (χ0n) is 11.2. The summed E-state index contributed by atoms with van der Waals surface area (Å²) in [5, 5.41) is 0. The standard InChI is InChI=1S/C16H21ClO/c1-12(2)16(18)9-8-14-6-4-5-7-15(14)10-13(3)11-17/h4-7,12H,3,8-11H2,1-2H3. The van der Waals surface area contributed by atoms with Crippen LogP contribution in [-0.4, -0.2) is 11.7 Å². The summed E-state index contributed by atoms with van der Waals surface area (Å²) in [6.07, 6.45) is 2.22. The smallest absolute Gasteiger partial charge is 0.135 e. The van der Waals surface area contributed by atoms with Crippen LogP contribution in [-0.2, 0) is 17.6 Å². The molecule has 0 aliphatic carbocycles. The van der Waals surface area contributed by atoms with Gasteiger partial charge in [0.2, 0.25) is 0 Å². The maximum absolute atomic E-state index is 11.7. The van der Waals surface area contributed by atoms with Crippen LogP contribution in [0.15, 0.2) is 36.4 Å². The highest BCUT2D eigenvalue weighted by atomic mass is 35.5. The molecule has 1 nitrogen and oxygen atoms in total. The summed E-state index contributed by atoms with van der Waals surface area (Å²) < 4.78 is 0. The number of rotatable bonds is 7. The highest BCUT2D eigenvalue weighted by Gasteiger charge is 2.09. The SMILES string of the molecule is C=C(CCl)Cc1ccccc1CCC(=O)C(C)C. The molecule has 0 spiro atoms. The van der Waals surface area contributed by atoms with Crippen LogP contribution in [0.1, 0.15) is 31.4 Å². The Bertz CT molecular complexity index is 421. The molecule has 18 heavy (non-hydrogen) atoms. The second-order valence-electron chi connectivity index (χ2n) is 4.95. The lowest BCUT2D eigenvalue weighted by Crippen LogP contribution is -2.08. The van der Waals surface area contributed by atoms with Crippen molar-refractivity contribution in [3.63, 3.8) is 0 Å². The van der Waals surface area contributed by atoms with Crippen molar-refractivity contribution >= 4 is 17.4 Å². The van der Waals surface area contributed by atoms with E-state index < -0.39 is 0 Å². The van der Waals surface area contributed by atoms with E-state index in [-0.39, 0.29) is 5.92 Å². The van der Waals surface area contributed by atoms with Gasteiger partial charge in [-0.1, -0.05) is 50.3 Å². The van der Waals surface area contributed by atoms with E-state index in [0.29, 0.717) is 18.1 Å². The predicted octanol–water partition coefficient (Wildman–Crippen LogP) is 4.18. The number of carbonyl (C=O) groups is 1. The summed E-state index contributed by atoms with van der Waals surface area (Å²) in [5.41, 5.74) is 3.48. The first kappa shape index (κ1) is 15.0. The number of alkyl halides is 1. The van der Waals surface area contributed by atoms with Gasteiger partial charge in [-0.15, -0.1) is 11.6 Å². The van der Waals surface area contributed by atoms with Gasteiger partial charge in [0.1, 0.15) is 5.78 Å². The number of hydrogen-bond donors (Lipinski definition) is 0. The highest BCUT2D eigenvalue weighted by molar-refractivity contribution is 6.19. The van der Waals surface area contributed by atoms with Crippen molar-refractivity contribution < 1.29 is 4.79 Å². The van der Waals surface area contributed by atoms with Gasteiger partial charge in [0, 0.05) is 18.2 Å². The monoisotopic (exact) mass is 264 g/mol. The van der Waals surface area contributed by atoms with Crippen LogP contribution in [0.4, 0.5) is 0 Å². The Labute approximate surface area is 115 Å². The van der Waals surface area contributed by atoms with Crippen LogP contribution in [0.3, 0.4) is 0 Å². The van der Waals surface area contributed by atoms with Crippen molar-refractivity contribution in [1.29, 1.82) is 0 Å². The molecule has 0 unspecified atom stereocenters. The molecule has 0 saturated heterocycles. The van der Waals surface area contributed by atoms with Crippen molar-refractivity contribution in [2.24, 2.45) is 5.92 Å². The third-order valence-electron chi connectivity index (χ3n) is 3.03. The Morgan fingerprint density at radius 1 is 1.28 bits per heavy atom. The molecular formula is C16H21ClO. The Balaban J connectivity index is 2.70. The Kier molecular flexibility index (Phi) is 6.14. The average molecular weight is 265 g/mol. The summed E-state index contributed by atoms with van der Waals surface area (Å²) in [6, 6.07) is 8.21. The van der Waals surface area contributed by atoms with Crippen LogP contribution in [0.2, 0.25) is 0 Å². The largest absolute Gasteiger partial charge is 0.299 e. The first-order valence-electron chi connectivity index (χ1n) is 6.36. The number of allylic oxidation sites excluding steroid dienone is 1. The third kappa shape index (κ3) is 4.66. The molecule has 0 radical (unpaired) electrons. The lowest BCUT2D eigenvalue weighted by atomic mass is 9.95. The molecular weight excluding hydrogens is 244 g/mol. The van der Waals surface area contributed by atoms with Crippen LogP contribution >= 0.6 is 11.6 Å². The number of ketones is 1. The fraction of sp³-hybridized carbons (Fsp3) is 0.438. The van der Waals surface area contributed by atoms with Crippen LogP contribution < -0.4 is 0 Å². The second-order valence-corrected chi connectivity index (χ2v) is 5.22. The van der Waals surface area contributed by atoms with Crippen molar-refractivity contribution in [3.8, 4) is 0 Å². The maximum atomic E-state index is 11.7. The van der Waals surface area contributed by atoms with E-state index in [1.165, 1.54) is 11.1 Å². The maximum Gasteiger partial charge on any atom is 0.135 e. The normalized spacial score (nSPS) is 10.7. The van der Waals surface area contributed by atoms with Gasteiger partial charge in [-0.25, -0.2) is 0 Å². The van der Waals surface area contributed by atoms with Gasteiger partial charge in [-0.2, -0.15) is 0 Å². The molecule has 0 heterocycles. The first-order chi connectivity index (χ1) is 8.54. The van der Waals surface area contributed by atoms with Crippen molar-refractivity contribution in [1.82, 2.24) is 0 Å². The van der Waals surface area contributed by atoms with Crippen molar-refractivity contribution in [2.45, 2.75) is 33.1 Å². The Morgan fingerprint density at radius 2 is 1.89 bits per heavy atom. The lowest BCUT2D eigenvalue weighted by Gasteiger charge is -2.10. The number of aryl methyl sites for hydroxylation is 1. The second kappa shape index (κ2) is 7.38. The van der Waals surface area contributed by atoms with Gasteiger partial charge in [-0.3, -0.25) is 4.79 Å². The third-order valence-corrected chi connectivity index (χ3v) is 3.41. The Morgan fingerprint density at radius 3 is 2.44 bits per heavy atom. The average Bonchev–Trinajstić information content (AvgIpc) is 2.37. The number of halogens is 1. The predicted molar refractivity (Wildman–Crippen MR) is 78.2 cm³/mol. The van der Waals surface area contributed by atoms with Crippen LogP contribution in [0.5, 0.6) is 0 Å². The molecule has 0 bridgehead atoms. The van der Waals surface area contributed by atoms with Gasteiger partial charge < -0.3 is 0 Å². The molecule has 0 saturated carbocycles. The van der Waals surface area contributed by atoms with Gasteiger partial charge >= 0.3 is 0 Å². The molecule has 0 aromatic heterocycles. The molecule has 1 rings (SSSR count). The number of benzene rings is 1. The van der Waals surface area contributed by atoms with E-state index in [9.17, 15) is 4.79 Å². The van der Waals surface area contributed by atoms with Crippen molar-refractivity contribution in [2.75, 3.05) is 5.88 Å². The van der Waals surface area contributed by atoms with E-state index in [1.807, 2.05) is 26.0 Å². The summed E-state index contributed by atoms with van der Waals surface area (Å²) >= 11 is 5.77. The molecule has 0 amide bonds. The summed E-state index contributed by atoms with van der Waals surface area (Å²) in [6.45, 7) is 7.83. The molecule has 2 heteroatoms. The van der Waals surface area contributed by atoms with E-state index in [2.05, 4.69) is 18.7 Å². The van der Waals surface area contributed by atoms with E-state index in [4.69, 9.17) is 11.6 Å². The molecule has 0 N–H and O–H groups in total. The molecule has 1 aromatic carbocycles. The molecule has 0 atom stereocenters. The molecule has 0 fully saturated rings. The topological polar surface area (TPSA) is 17.1 Å². The summed E-state index contributed by atoms with van der Waals surface area (Å²) in [7, 11) is 0. The fourth-order valence-electron chi connectivity index (χ4n) is 1.84. The molecule has 1 aromatic rings. The highest BCUT2D eigenvalue weighted by Crippen LogP contribution is 2.16. The van der Waals surface area contributed by atoms with E-state index in [0.717, 1.165) is 18.4 Å². The number of carbonyl (C=O) groups excluding carboxylic acids is 1. The Hall–Kier alpha value is -1.08. The van der Waals surface area contributed by atoms with Gasteiger partial charge in [-0.05, 0) is 24.0 Å². The number of Topliss-reactive ketones (excluding diaryl/α,β-unsaturated/α-hetero) is 1. The fourth-order valence-corrected chi connectivity index (χ4v) is 1.93. The van der Waals surface area contributed by atoms with E-state index in [1.54, 1.807) is 0 Å². The lowest BCUT2D eigenvalue weighted by molar-refractivity contribution is -0.121. The van der Waals surface area contributed by atoms with Gasteiger partial charge in [0.05, 0.1) is 0 Å². The number of hydrogen-bond acceptors (Lipinski definition) is 1. The quantitative estimate of drug-likeness (QED) is 0.533. The van der Waals surface area contributed by atoms with E-state index >= 15 is 0 Å². The van der Waals surface area contributed by atoms with Gasteiger partial charge in [0.15, 0.2) is 0 Å². The van der Waals surface area contributed by atoms with Crippen LogP contribution in [0.25, 0.3) is 0 Å². The molecule has 98 valence electrons. The zero-order chi connectivity index (χ0) is 13.5. The molecule has 0 aliphatic rings. The minimum absolute atomic E-state index is 0.120. The molecule has 0 aliphatic heterocycles. The zero-order valence-corrected chi connectivity index (χ0v) is 12.0. The van der Waals surface area contributed by atoms with Crippen molar-refractivity contribution in [3.05, 3.63) is 47.5 Å².